The smallest absolute Gasteiger partial charge is 0.160 e. The molecule has 0 amide bonds. The molecule has 2 heterocycles. The van der Waals surface area contributed by atoms with E-state index in [2.05, 4.69) is 128 Å². The van der Waals surface area contributed by atoms with E-state index in [0.717, 1.165) is 62.5 Å². The number of furan rings is 1. The zero-order valence-electron chi connectivity index (χ0n) is 30.1. The van der Waals surface area contributed by atoms with E-state index >= 15 is 0 Å². The molecule has 3 nitrogen and oxygen atoms in total. The molecule has 5 aromatic carbocycles. The van der Waals surface area contributed by atoms with Crippen LogP contribution in [-0.4, -0.2) is 9.97 Å². The molecule has 3 aliphatic carbocycles. The Hall–Kier alpha value is -6.06. The summed E-state index contributed by atoms with van der Waals surface area (Å²) in [6.07, 6.45) is 11.2. The summed E-state index contributed by atoms with van der Waals surface area (Å²) in [7, 11) is 0. The molecule has 2 aromatic heterocycles. The van der Waals surface area contributed by atoms with E-state index < -0.39 is 0 Å². The molecule has 0 fully saturated rings. The van der Waals surface area contributed by atoms with Crippen molar-refractivity contribution in [3.05, 3.63) is 172 Å². The highest BCUT2D eigenvalue weighted by Gasteiger charge is 2.53. The van der Waals surface area contributed by atoms with Crippen LogP contribution in [0.3, 0.4) is 0 Å². The van der Waals surface area contributed by atoms with Crippen molar-refractivity contribution >= 4 is 28.7 Å². The van der Waals surface area contributed by atoms with Gasteiger partial charge in [0.05, 0.1) is 16.8 Å². The minimum atomic E-state index is -0.372. The summed E-state index contributed by atoms with van der Waals surface area (Å²) in [5, 5.41) is 2.19. The van der Waals surface area contributed by atoms with Crippen LogP contribution in [0.5, 0.6) is 0 Å². The third kappa shape index (κ3) is 4.52. The monoisotopic (exact) mass is 672 g/mol. The molecule has 1 unspecified atom stereocenters. The van der Waals surface area contributed by atoms with E-state index in [4.69, 9.17) is 14.4 Å². The van der Waals surface area contributed by atoms with Gasteiger partial charge in [0.25, 0.3) is 0 Å². The lowest BCUT2D eigenvalue weighted by molar-refractivity contribution is 0.575. The summed E-state index contributed by atoms with van der Waals surface area (Å²) >= 11 is 0. The lowest BCUT2D eigenvalue weighted by Crippen LogP contribution is -2.26. The first-order valence-corrected chi connectivity index (χ1v) is 18.6. The van der Waals surface area contributed by atoms with Gasteiger partial charge in [-0.2, -0.15) is 0 Å². The normalized spacial score (nSPS) is 17.2. The molecule has 52 heavy (non-hydrogen) atoms. The van der Waals surface area contributed by atoms with Gasteiger partial charge < -0.3 is 4.42 Å². The lowest BCUT2D eigenvalue weighted by atomic mass is 9.69. The van der Waals surface area contributed by atoms with Crippen molar-refractivity contribution in [3.8, 4) is 45.0 Å². The van der Waals surface area contributed by atoms with Gasteiger partial charge in [0, 0.05) is 27.3 Å². The Morgan fingerprint density at radius 1 is 0.577 bits per heavy atom. The average Bonchev–Trinajstić information content (AvgIpc) is 3.85. The Kier molecular flexibility index (Phi) is 7.73. The predicted octanol–water partition coefficient (Wildman–Crippen LogP) is 11.3. The summed E-state index contributed by atoms with van der Waals surface area (Å²) in [6, 6.07) is 43.8. The van der Waals surface area contributed by atoms with Crippen LogP contribution in [0.1, 0.15) is 62.8 Å². The van der Waals surface area contributed by atoms with Crippen LogP contribution in [0.25, 0.3) is 73.7 Å². The van der Waals surface area contributed by atoms with Crippen molar-refractivity contribution in [1.29, 1.82) is 0 Å². The molecule has 252 valence electrons. The summed E-state index contributed by atoms with van der Waals surface area (Å²) in [5.74, 6) is 0.691. The molecule has 0 N–H and O–H groups in total. The fourth-order valence-corrected chi connectivity index (χ4v) is 8.81. The highest BCUT2D eigenvalue weighted by Crippen LogP contribution is 2.64. The molecule has 0 radical (unpaired) electrons. The van der Waals surface area contributed by atoms with Gasteiger partial charge in [-0.05, 0) is 95.5 Å². The fraction of sp³-hybridized carbons (Fsp3) is 0.143. The Morgan fingerprint density at radius 3 is 2.04 bits per heavy atom. The second-order valence-electron chi connectivity index (χ2n) is 13.4. The van der Waals surface area contributed by atoms with Crippen LogP contribution in [0.15, 0.2) is 143 Å². The van der Waals surface area contributed by atoms with Gasteiger partial charge >= 0.3 is 0 Å². The number of hydrogen-bond donors (Lipinski definition) is 0. The summed E-state index contributed by atoms with van der Waals surface area (Å²) in [4.78, 5) is 10.5. The molecule has 0 saturated carbocycles. The molecule has 1 atom stereocenters. The van der Waals surface area contributed by atoms with Gasteiger partial charge in [0.1, 0.15) is 11.0 Å². The SMILES string of the molecule is C/C=c1\c(=C/C)oc2c(-c3cc(-c4ccc5c(c4)C4(C6=CCCC=C6c6ccccc64)c4ccccc4-5)nc(-c4ccccc4)n3)cccc12.CC. The van der Waals surface area contributed by atoms with Crippen molar-refractivity contribution in [2.45, 2.75) is 46.0 Å². The van der Waals surface area contributed by atoms with E-state index in [9.17, 15) is 0 Å². The van der Waals surface area contributed by atoms with Crippen molar-refractivity contribution in [2.75, 3.05) is 0 Å². The second kappa shape index (κ2) is 12.6. The number of nitrogens with zero attached hydrogens (tertiary/aromatic N) is 2. The minimum Gasteiger partial charge on any atom is -0.456 e. The van der Waals surface area contributed by atoms with Crippen molar-refractivity contribution in [2.24, 2.45) is 0 Å². The first-order valence-electron chi connectivity index (χ1n) is 18.6. The van der Waals surface area contributed by atoms with E-state index in [1.807, 2.05) is 45.0 Å². The molecule has 0 aliphatic heterocycles. The van der Waals surface area contributed by atoms with Gasteiger partial charge in [0.15, 0.2) is 5.82 Å². The highest BCUT2D eigenvalue weighted by atomic mass is 16.3. The first-order chi connectivity index (χ1) is 25.7. The predicted molar refractivity (Wildman–Crippen MR) is 216 cm³/mol. The fourth-order valence-electron chi connectivity index (χ4n) is 8.81. The Labute approximate surface area is 305 Å². The van der Waals surface area contributed by atoms with Crippen LogP contribution in [0, 0.1) is 0 Å². The van der Waals surface area contributed by atoms with Crippen molar-refractivity contribution in [1.82, 2.24) is 9.97 Å². The Bertz CT molecular complexity index is 2730. The van der Waals surface area contributed by atoms with Crippen LogP contribution in [0.4, 0.5) is 0 Å². The molecule has 1 spiro atoms. The number of benzene rings is 5. The van der Waals surface area contributed by atoms with E-state index in [1.54, 1.807) is 0 Å². The van der Waals surface area contributed by atoms with E-state index in [1.165, 1.54) is 44.5 Å². The quantitative estimate of drug-likeness (QED) is 0.188. The summed E-state index contributed by atoms with van der Waals surface area (Å²) < 4.78 is 6.50. The largest absolute Gasteiger partial charge is 0.456 e. The Morgan fingerprint density at radius 2 is 1.25 bits per heavy atom. The molecule has 0 bridgehead atoms. The number of aromatic nitrogens is 2. The summed E-state index contributed by atoms with van der Waals surface area (Å²) in [5.41, 5.74) is 16.9. The Balaban J connectivity index is 0.00000177. The van der Waals surface area contributed by atoms with E-state index in [-0.39, 0.29) is 5.41 Å². The molecular formula is C49H40N2O. The molecule has 3 aliphatic rings. The molecule has 7 aromatic rings. The van der Waals surface area contributed by atoms with Gasteiger partial charge in [-0.15, -0.1) is 0 Å². The van der Waals surface area contributed by atoms with Crippen LogP contribution >= 0.6 is 0 Å². The third-order valence-corrected chi connectivity index (χ3v) is 10.9. The van der Waals surface area contributed by atoms with Crippen molar-refractivity contribution in [3.63, 3.8) is 0 Å². The average molecular weight is 673 g/mol. The van der Waals surface area contributed by atoms with E-state index in [0.29, 0.717) is 5.82 Å². The zero-order valence-corrected chi connectivity index (χ0v) is 30.1. The van der Waals surface area contributed by atoms with Gasteiger partial charge in [-0.3, -0.25) is 0 Å². The van der Waals surface area contributed by atoms with Crippen LogP contribution in [0.2, 0.25) is 0 Å². The molecule has 10 rings (SSSR count). The molecule has 3 heteroatoms. The van der Waals surface area contributed by atoms with Crippen LogP contribution in [-0.2, 0) is 5.41 Å². The van der Waals surface area contributed by atoms with Gasteiger partial charge in [0.2, 0.25) is 0 Å². The first kappa shape index (κ1) is 31.9. The number of allylic oxidation sites excluding steroid dienone is 4. The number of para-hydroxylation sites is 1. The highest BCUT2D eigenvalue weighted by molar-refractivity contribution is 6.01. The maximum atomic E-state index is 6.50. The number of rotatable bonds is 3. The second-order valence-corrected chi connectivity index (χ2v) is 13.4. The maximum absolute atomic E-state index is 6.50. The zero-order chi connectivity index (χ0) is 35.4. The topological polar surface area (TPSA) is 38.9 Å². The maximum Gasteiger partial charge on any atom is 0.160 e. The number of hydrogen-bond acceptors (Lipinski definition) is 3. The summed E-state index contributed by atoms with van der Waals surface area (Å²) in [6.45, 7) is 8.08. The molecular weight excluding hydrogens is 633 g/mol. The molecule has 0 saturated heterocycles. The minimum absolute atomic E-state index is 0.372. The number of fused-ring (bicyclic) bond motifs is 11. The standard InChI is InChI=1S/C47H34N2O.C2H6/c1-3-31-36-20-14-21-37(45(36)50-44(31)4-2)43-28-42(48-46(49-43)29-15-6-5-7-16-29)30-25-26-35-34-19-10-13-24-40(34)47(41(35)27-30)38-22-11-8-17-32(38)33-18-9-12-23-39(33)47;1-2/h3-8,10-11,13-28H,9,12H2,1-2H3;1-2H3/b31-3-,44-4+;. The lowest BCUT2D eigenvalue weighted by Gasteiger charge is -2.32. The van der Waals surface area contributed by atoms with Crippen molar-refractivity contribution < 1.29 is 4.42 Å². The third-order valence-electron chi connectivity index (χ3n) is 10.9. The van der Waals surface area contributed by atoms with Gasteiger partial charge in [-0.1, -0.05) is 135 Å². The van der Waals surface area contributed by atoms with Gasteiger partial charge in [-0.25, -0.2) is 9.97 Å². The van der Waals surface area contributed by atoms with Crippen LogP contribution < -0.4 is 10.6 Å².